The standard InChI is InChI=1S/C19H21N5OS/c1-12-8-13(2)10-16(9-12)24-19(21-22-23-24)26-11-18(25)20-17-7-5-6-14(3)15(17)4/h5-10H,11H2,1-4H3,(H,20,25). The van der Waals surface area contributed by atoms with Crippen LogP contribution in [0.4, 0.5) is 5.69 Å². The van der Waals surface area contributed by atoms with Crippen molar-refractivity contribution in [3.05, 3.63) is 58.7 Å². The summed E-state index contributed by atoms with van der Waals surface area (Å²) in [4.78, 5) is 12.3. The summed E-state index contributed by atoms with van der Waals surface area (Å²) < 4.78 is 1.66. The number of hydrogen-bond donors (Lipinski definition) is 1. The molecule has 0 spiro atoms. The third-order valence-corrected chi connectivity index (χ3v) is 5.02. The molecule has 0 aliphatic carbocycles. The molecule has 1 aromatic heterocycles. The summed E-state index contributed by atoms with van der Waals surface area (Å²) in [7, 11) is 0. The van der Waals surface area contributed by atoms with Gasteiger partial charge in [-0.2, -0.15) is 4.68 Å². The molecule has 0 radical (unpaired) electrons. The topological polar surface area (TPSA) is 72.7 Å². The van der Waals surface area contributed by atoms with E-state index in [0.717, 1.165) is 33.6 Å². The van der Waals surface area contributed by atoms with Crippen molar-refractivity contribution in [3.63, 3.8) is 0 Å². The van der Waals surface area contributed by atoms with Crippen molar-refractivity contribution >= 4 is 23.4 Å². The quantitative estimate of drug-likeness (QED) is 0.697. The first-order valence-corrected chi connectivity index (χ1v) is 9.28. The Hall–Kier alpha value is -2.67. The van der Waals surface area contributed by atoms with E-state index in [1.165, 1.54) is 11.8 Å². The van der Waals surface area contributed by atoms with Gasteiger partial charge in [0.1, 0.15) is 0 Å². The van der Waals surface area contributed by atoms with Crippen LogP contribution in [0.1, 0.15) is 22.3 Å². The lowest BCUT2D eigenvalue weighted by Gasteiger charge is -2.10. The smallest absolute Gasteiger partial charge is 0.234 e. The zero-order valence-corrected chi connectivity index (χ0v) is 16.1. The number of aromatic nitrogens is 4. The van der Waals surface area contributed by atoms with E-state index in [1.807, 2.05) is 58.0 Å². The van der Waals surface area contributed by atoms with Crippen molar-refractivity contribution in [2.24, 2.45) is 0 Å². The number of anilines is 1. The van der Waals surface area contributed by atoms with Crippen LogP contribution < -0.4 is 5.32 Å². The predicted molar refractivity (Wildman–Crippen MR) is 104 cm³/mol. The Morgan fingerprint density at radius 3 is 2.58 bits per heavy atom. The maximum atomic E-state index is 12.3. The molecule has 0 fully saturated rings. The van der Waals surface area contributed by atoms with E-state index >= 15 is 0 Å². The second-order valence-electron chi connectivity index (χ2n) is 6.30. The molecule has 0 atom stereocenters. The molecular weight excluding hydrogens is 346 g/mol. The summed E-state index contributed by atoms with van der Waals surface area (Å²) in [5.74, 6) is 0.150. The number of aryl methyl sites for hydroxylation is 3. The van der Waals surface area contributed by atoms with Crippen LogP contribution in [0.25, 0.3) is 5.69 Å². The third kappa shape index (κ3) is 4.11. The molecule has 1 heterocycles. The highest BCUT2D eigenvalue weighted by molar-refractivity contribution is 7.99. The highest BCUT2D eigenvalue weighted by atomic mass is 32.2. The van der Waals surface area contributed by atoms with Crippen LogP contribution in [0, 0.1) is 27.7 Å². The van der Waals surface area contributed by atoms with Crippen molar-refractivity contribution in [3.8, 4) is 5.69 Å². The van der Waals surface area contributed by atoms with E-state index in [2.05, 4.69) is 26.9 Å². The number of rotatable bonds is 5. The molecule has 0 unspecified atom stereocenters. The first kappa shape index (κ1) is 18.1. The number of tetrazole rings is 1. The summed E-state index contributed by atoms with van der Waals surface area (Å²) in [6.45, 7) is 8.09. The van der Waals surface area contributed by atoms with Gasteiger partial charge in [-0.05, 0) is 78.6 Å². The van der Waals surface area contributed by atoms with E-state index in [1.54, 1.807) is 4.68 Å². The van der Waals surface area contributed by atoms with Gasteiger partial charge in [-0.1, -0.05) is 30.0 Å². The van der Waals surface area contributed by atoms with Gasteiger partial charge in [-0.3, -0.25) is 4.79 Å². The Morgan fingerprint density at radius 2 is 1.85 bits per heavy atom. The Kier molecular flexibility index (Phi) is 5.37. The second-order valence-corrected chi connectivity index (χ2v) is 7.25. The molecule has 6 nitrogen and oxygen atoms in total. The van der Waals surface area contributed by atoms with Crippen LogP contribution in [0.15, 0.2) is 41.6 Å². The SMILES string of the molecule is Cc1cc(C)cc(-n2nnnc2SCC(=O)Nc2cccc(C)c2C)c1. The zero-order valence-electron chi connectivity index (χ0n) is 15.3. The van der Waals surface area contributed by atoms with Crippen molar-refractivity contribution in [2.75, 3.05) is 11.1 Å². The van der Waals surface area contributed by atoms with Crippen molar-refractivity contribution < 1.29 is 4.79 Å². The first-order valence-electron chi connectivity index (χ1n) is 8.30. The minimum Gasteiger partial charge on any atom is -0.325 e. The van der Waals surface area contributed by atoms with Gasteiger partial charge in [0.25, 0.3) is 0 Å². The number of hydrogen-bond acceptors (Lipinski definition) is 5. The summed E-state index contributed by atoms with van der Waals surface area (Å²) in [5.41, 5.74) is 6.23. The Labute approximate surface area is 157 Å². The van der Waals surface area contributed by atoms with Gasteiger partial charge >= 0.3 is 0 Å². The summed E-state index contributed by atoms with van der Waals surface area (Å²) >= 11 is 1.31. The van der Waals surface area contributed by atoms with Crippen LogP contribution in [-0.4, -0.2) is 31.9 Å². The number of thioether (sulfide) groups is 1. The van der Waals surface area contributed by atoms with Crippen LogP contribution in [0.2, 0.25) is 0 Å². The Morgan fingerprint density at radius 1 is 1.12 bits per heavy atom. The van der Waals surface area contributed by atoms with Gasteiger partial charge in [-0.25, -0.2) is 0 Å². The van der Waals surface area contributed by atoms with Crippen LogP contribution in [0.3, 0.4) is 0 Å². The van der Waals surface area contributed by atoms with Crippen LogP contribution in [0.5, 0.6) is 0 Å². The summed E-state index contributed by atoms with van der Waals surface area (Å²) in [6.07, 6.45) is 0. The Bertz CT molecular complexity index is 931. The molecule has 0 aliphatic rings. The lowest BCUT2D eigenvalue weighted by atomic mass is 10.1. The number of nitrogens with one attached hydrogen (secondary N) is 1. The van der Waals surface area contributed by atoms with Crippen molar-refractivity contribution in [1.29, 1.82) is 0 Å². The molecule has 3 rings (SSSR count). The molecule has 0 aliphatic heterocycles. The van der Waals surface area contributed by atoms with E-state index < -0.39 is 0 Å². The van der Waals surface area contributed by atoms with Gasteiger partial charge in [0.05, 0.1) is 11.4 Å². The monoisotopic (exact) mass is 367 g/mol. The van der Waals surface area contributed by atoms with Gasteiger partial charge in [0.2, 0.25) is 11.1 Å². The van der Waals surface area contributed by atoms with Crippen LogP contribution in [-0.2, 0) is 4.79 Å². The number of carbonyl (C=O) groups excluding carboxylic acids is 1. The number of amides is 1. The van der Waals surface area contributed by atoms with Gasteiger partial charge in [-0.15, -0.1) is 5.10 Å². The lowest BCUT2D eigenvalue weighted by Crippen LogP contribution is -2.15. The van der Waals surface area contributed by atoms with Crippen molar-refractivity contribution in [1.82, 2.24) is 20.2 Å². The van der Waals surface area contributed by atoms with E-state index in [-0.39, 0.29) is 11.7 Å². The maximum Gasteiger partial charge on any atom is 0.234 e. The lowest BCUT2D eigenvalue weighted by molar-refractivity contribution is -0.113. The molecule has 0 bridgehead atoms. The zero-order chi connectivity index (χ0) is 18.7. The number of carbonyl (C=O) groups is 1. The van der Waals surface area contributed by atoms with Gasteiger partial charge in [0, 0.05) is 5.69 Å². The number of nitrogens with zero attached hydrogens (tertiary/aromatic N) is 4. The molecule has 1 N–H and O–H groups in total. The fourth-order valence-electron chi connectivity index (χ4n) is 2.71. The van der Waals surface area contributed by atoms with Crippen LogP contribution >= 0.6 is 11.8 Å². The molecular formula is C19H21N5OS. The summed E-state index contributed by atoms with van der Waals surface area (Å²) in [5, 5.41) is 15.4. The van der Waals surface area contributed by atoms with E-state index in [9.17, 15) is 4.79 Å². The number of benzene rings is 2. The third-order valence-electron chi connectivity index (χ3n) is 4.10. The Balaban J connectivity index is 1.70. The molecule has 7 heteroatoms. The fraction of sp³-hybridized carbons (Fsp3) is 0.263. The van der Waals surface area contributed by atoms with E-state index in [0.29, 0.717) is 5.16 Å². The minimum atomic E-state index is -0.0846. The molecule has 2 aromatic carbocycles. The van der Waals surface area contributed by atoms with Gasteiger partial charge in [0.15, 0.2) is 0 Å². The fourth-order valence-corrected chi connectivity index (χ4v) is 3.40. The molecule has 1 amide bonds. The largest absolute Gasteiger partial charge is 0.325 e. The first-order chi connectivity index (χ1) is 12.4. The summed E-state index contributed by atoms with van der Waals surface area (Å²) in [6, 6.07) is 12.0. The minimum absolute atomic E-state index is 0.0846. The molecule has 0 saturated heterocycles. The predicted octanol–water partition coefficient (Wildman–Crippen LogP) is 3.63. The second kappa shape index (κ2) is 7.70. The average molecular weight is 367 g/mol. The maximum absolute atomic E-state index is 12.3. The highest BCUT2D eigenvalue weighted by Crippen LogP contribution is 2.22. The molecule has 26 heavy (non-hydrogen) atoms. The molecule has 0 saturated carbocycles. The molecule has 134 valence electrons. The van der Waals surface area contributed by atoms with Gasteiger partial charge < -0.3 is 5.32 Å². The molecule has 3 aromatic rings. The van der Waals surface area contributed by atoms with E-state index in [4.69, 9.17) is 0 Å². The highest BCUT2D eigenvalue weighted by Gasteiger charge is 2.13. The normalized spacial score (nSPS) is 10.8. The average Bonchev–Trinajstić information content (AvgIpc) is 3.05. The van der Waals surface area contributed by atoms with Crippen molar-refractivity contribution in [2.45, 2.75) is 32.9 Å².